The van der Waals surface area contributed by atoms with Crippen molar-refractivity contribution in [1.29, 1.82) is 0 Å². The molecule has 2 rings (SSSR count). The second-order valence-electron chi connectivity index (χ2n) is 5.58. The predicted octanol–water partition coefficient (Wildman–Crippen LogP) is 0.801. The van der Waals surface area contributed by atoms with E-state index in [9.17, 15) is 16.8 Å². The van der Waals surface area contributed by atoms with Crippen LogP contribution in [0.4, 0.5) is 0 Å². The molecule has 1 atom stereocenters. The number of primary sulfonamides is 1. The Morgan fingerprint density at radius 3 is 2.55 bits per heavy atom. The lowest BCUT2D eigenvalue weighted by Crippen LogP contribution is -2.45. The molecule has 1 aliphatic heterocycles. The van der Waals surface area contributed by atoms with Gasteiger partial charge in [-0.05, 0) is 26.5 Å². The highest BCUT2D eigenvalue weighted by atomic mass is 32.3. The highest BCUT2D eigenvalue weighted by Gasteiger charge is 2.40. The molecule has 0 unspecified atom stereocenters. The molecule has 0 amide bonds. The molecule has 2 heterocycles. The Morgan fingerprint density at radius 2 is 2.09 bits per heavy atom. The topological polar surface area (TPSA) is 101 Å². The summed E-state index contributed by atoms with van der Waals surface area (Å²) >= 11 is 0.727. The summed E-state index contributed by atoms with van der Waals surface area (Å²) in [7, 11) is -6.07. The Morgan fingerprint density at radius 1 is 1.50 bits per heavy atom. The van der Waals surface area contributed by atoms with Crippen LogP contribution in [0.3, 0.4) is 0 Å². The van der Waals surface area contributed by atoms with Crippen LogP contribution in [-0.4, -0.2) is 52.2 Å². The second kappa shape index (κ2) is 5.84. The maximum absolute atomic E-state index is 12.5. The molecule has 1 aromatic heterocycles. The van der Waals surface area contributed by atoms with Gasteiger partial charge >= 0.3 is 0 Å². The third-order valence-corrected chi connectivity index (χ3v) is 8.77. The van der Waals surface area contributed by atoms with Crippen molar-refractivity contribution in [2.45, 2.75) is 41.3 Å². The summed E-state index contributed by atoms with van der Waals surface area (Å²) in [5.74, 6) is 0. The van der Waals surface area contributed by atoms with Gasteiger partial charge in [0.15, 0.2) is 0 Å². The van der Waals surface area contributed by atoms with Gasteiger partial charge in [0.05, 0.1) is 6.04 Å². The van der Waals surface area contributed by atoms with Crippen LogP contribution in [0, 0.1) is 0 Å². The minimum Gasteiger partial charge on any atom is -0.293 e. The van der Waals surface area contributed by atoms with E-state index in [1.807, 2.05) is 20.8 Å². The molecule has 0 saturated carbocycles. The van der Waals surface area contributed by atoms with Gasteiger partial charge in [-0.15, -0.1) is 11.3 Å². The zero-order chi connectivity index (χ0) is 16.9. The van der Waals surface area contributed by atoms with Gasteiger partial charge in [-0.2, -0.15) is 4.31 Å². The van der Waals surface area contributed by atoms with Gasteiger partial charge in [-0.3, -0.25) is 4.90 Å². The number of sulfonamides is 2. The highest BCUT2D eigenvalue weighted by Crippen LogP contribution is 2.41. The van der Waals surface area contributed by atoms with Crippen molar-refractivity contribution in [3.63, 3.8) is 0 Å². The Labute approximate surface area is 135 Å². The van der Waals surface area contributed by atoms with Crippen molar-refractivity contribution >= 4 is 31.4 Å². The minimum atomic E-state index is -3.92. The van der Waals surface area contributed by atoms with Gasteiger partial charge in [0, 0.05) is 25.2 Å². The van der Waals surface area contributed by atoms with Crippen molar-refractivity contribution in [3.8, 4) is 0 Å². The average molecular weight is 368 g/mol. The number of likely N-dealkylation sites (N-methyl/N-ethyl adjacent to an activating group) is 2. The van der Waals surface area contributed by atoms with E-state index in [1.165, 1.54) is 17.4 Å². The van der Waals surface area contributed by atoms with E-state index in [0.29, 0.717) is 12.1 Å². The zero-order valence-corrected chi connectivity index (χ0v) is 15.4. The molecular formula is C12H21N3O4S3. The SMILES string of the molecule is CCN(C(C)C)[C@H]1CN(C)S(=O)(=O)c2sc(S(N)(=O)=O)cc21. The third kappa shape index (κ3) is 2.95. The molecule has 10 heteroatoms. The first kappa shape index (κ1) is 17.8. The lowest BCUT2D eigenvalue weighted by atomic mass is 10.1. The summed E-state index contributed by atoms with van der Waals surface area (Å²) in [6.07, 6.45) is 0. The van der Waals surface area contributed by atoms with E-state index < -0.39 is 20.0 Å². The largest absolute Gasteiger partial charge is 0.293 e. The van der Waals surface area contributed by atoms with E-state index in [2.05, 4.69) is 4.90 Å². The third-order valence-electron chi connectivity index (χ3n) is 3.85. The summed E-state index contributed by atoms with van der Waals surface area (Å²) in [6, 6.07) is 1.44. The predicted molar refractivity (Wildman–Crippen MR) is 85.8 cm³/mol. The summed E-state index contributed by atoms with van der Waals surface area (Å²) in [5.41, 5.74) is 0.530. The van der Waals surface area contributed by atoms with Crippen LogP contribution in [0.25, 0.3) is 0 Å². The minimum absolute atomic E-state index is 0.0781. The molecule has 0 aromatic carbocycles. The standard InChI is InChI=1S/C12H21N3O4S3/c1-5-15(8(2)3)10-7-14(4)22(18,19)12-9(10)6-11(20-12)21(13,16)17/h6,8,10H,5,7H2,1-4H3,(H2,13,16,17)/t10-/m0/s1. The number of nitrogens with zero attached hydrogens (tertiary/aromatic N) is 2. The summed E-state index contributed by atoms with van der Waals surface area (Å²) < 4.78 is 49.3. The fraction of sp³-hybridized carbons (Fsp3) is 0.667. The van der Waals surface area contributed by atoms with Gasteiger partial charge in [-0.25, -0.2) is 22.0 Å². The van der Waals surface area contributed by atoms with E-state index in [1.54, 1.807) is 0 Å². The van der Waals surface area contributed by atoms with E-state index in [4.69, 9.17) is 5.14 Å². The van der Waals surface area contributed by atoms with Crippen LogP contribution in [0.1, 0.15) is 32.4 Å². The van der Waals surface area contributed by atoms with Crippen LogP contribution in [0.15, 0.2) is 14.5 Å². The fourth-order valence-electron chi connectivity index (χ4n) is 2.75. The molecule has 0 aliphatic carbocycles. The Hall–Kier alpha value is -0.520. The number of rotatable bonds is 4. The first-order valence-corrected chi connectivity index (χ1v) is 10.7. The quantitative estimate of drug-likeness (QED) is 0.848. The molecule has 0 bridgehead atoms. The molecular weight excluding hydrogens is 346 g/mol. The van der Waals surface area contributed by atoms with E-state index >= 15 is 0 Å². The van der Waals surface area contributed by atoms with Crippen molar-refractivity contribution in [2.75, 3.05) is 20.1 Å². The first-order chi connectivity index (χ1) is 10.00. The molecule has 22 heavy (non-hydrogen) atoms. The number of nitrogens with two attached hydrogens (primary N) is 1. The molecule has 1 aromatic rings. The smallest absolute Gasteiger partial charge is 0.252 e. The highest BCUT2D eigenvalue weighted by molar-refractivity contribution is 7.94. The van der Waals surface area contributed by atoms with Crippen LogP contribution in [0.2, 0.25) is 0 Å². The van der Waals surface area contributed by atoms with Crippen LogP contribution in [-0.2, 0) is 20.0 Å². The van der Waals surface area contributed by atoms with Gasteiger partial charge < -0.3 is 0 Å². The maximum Gasteiger partial charge on any atom is 0.252 e. The van der Waals surface area contributed by atoms with Crippen molar-refractivity contribution in [2.24, 2.45) is 5.14 Å². The molecule has 2 N–H and O–H groups in total. The van der Waals surface area contributed by atoms with Crippen molar-refractivity contribution < 1.29 is 16.8 Å². The Balaban J connectivity index is 2.67. The number of thiophene rings is 1. The normalized spacial score (nSPS) is 22.2. The molecule has 126 valence electrons. The van der Waals surface area contributed by atoms with Crippen LogP contribution < -0.4 is 5.14 Å². The van der Waals surface area contributed by atoms with Crippen LogP contribution >= 0.6 is 11.3 Å². The first-order valence-electron chi connectivity index (χ1n) is 6.88. The maximum atomic E-state index is 12.5. The van der Waals surface area contributed by atoms with Gasteiger partial charge in [-0.1, -0.05) is 6.92 Å². The average Bonchev–Trinajstić information content (AvgIpc) is 2.82. The molecule has 0 spiro atoms. The number of hydrogen-bond acceptors (Lipinski definition) is 6. The van der Waals surface area contributed by atoms with Gasteiger partial charge in [0.2, 0.25) is 10.0 Å². The Kier molecular flexibility index (Phi) is 4.73. The summed E-state index contributed by atoms with van der Waals surface area (Å²) in [6.45, 7) is 7.08. The monoisotopic (exact) mass is 367 g/mol. The van der Waals surface area contributed by atoms with E-state index in [-0.39, 0.29) is 20.5 Å². The van der Waals surface area contributed by atoms with E-state index in [0.717, 1.165) is 17.9 Å². The Bertz CT molecular complexity index is 768. The molecule has 7 nitrogen and oxygen atoms in total. The molecule has 0 radical (unpaired) electrons. The molecule has 1 aliphatic rings. The lowest BCUT2D eigenvalue weighted by molar-refractivity contribution is 0.140. The van der Waals surface area contributed by atoms with Crippen LogP contribution in [0.5, 0.6) is 0 Å². The number of fused-ring (bicyclic) bond motifs is 1. The second-order valence-corrected chi connectivity index (χ2v) is 10.7. The zero-order valence-electron chi connectivity index (χ0n) is 13.0. The van der Waals surface area contributed by atoms with Gasteiger partial charge in [0.1, 0.15) is 8.42 Å². The van der Waals surface area contributed by atoms with Crippen molar-refractivity contribution in [1.82, 2.24) is 9.21 Å². The summed E-state index contributed by atoms with van der Waals surface area (Å²) in [4.78, 5) is 2.14. The van der Waals surface area contributed by atoms with Gasteiger partial charge in [0.25, 0.3) is 10.0 Å². The molecule has 0 saturated heterocycles. The molecule has 0 fully saturated rings. The fourth-order valence-corrected chi connectivity index (χ4v) is 6.78. The lowest BCUT2D eigenvalue weighted by Gasteiger charge is -2.39. The summed E-state index contributed by atoms with van der Waals surface area (Å²) in [5, 5.41) is 5.17. The van der Waals surface area contributed by atoms with Crippen molar-refractivity contribution in [3.05, 3.63) is 11.6 Å². The number of hydrogen-bond donors (Lipinski definition) is 1.